The molecule has 7 nitrogen and oxygen atoms in total. The van der Waals surface area contributed by atoms with Crippen molar-refractivity contribution in [2.45, 2.75) is 13.3 Å². The molecule has 6 rings (SSSR count). The average molecular weight is 565 g/mol. The number of para-hydroxylation sites is 1. The van der Waals surface area contributed by atoms with Crippen LogP contribution in [0.5, 0.6) is 5.75 Å². The van der Waals surface area contributed by atoms with Gasteiger partial charge in [0.1, 0.15) is 17.4 Å². The second-order valence-corrected chi connectivity index (χ2v) is 10.3. The van der Waals surface area contributed by atoms with Gasteiger partial charge >= 0.3 is 0 Å². The number of carbonyl (C=O) groups excluding carboxylic acids is 2. The molecule has 0 saturated carbocycles. The van der Waals surface area contributed by atoms with E-state index in [4.69, 9.17) is 9.84 Å². The van der Waals surface area contributed by atoms with Crippen molar-refractivity contribution in [3.05, 3.63) is 131 Å². The van der Waals surface area contributed by atoms with Gasteiger partial charge in [-0.1, -0.05) is 66.7 Å². The van der Waals surface area contributed by atoms with E-state index in [9.17, 15) is 14.9 Å². The van der Waals surface area contributed by atoms with Crippen molar-refractivity contribution in [2.24, 2.45) is 0 Å². The number of methoxy groups -OCH3 is 1. The SMILES string of the molecule is COc1ccc(CCN2C(=O)C(C#N)=C(C)/C(=C\c3cn(-c4ccccc4)nc3-c3ccc4ccccc4c3)C2=O)cc1. The molecule has 4 aromatic carbocycles. The quantitative estimate of drug-likeness (QED) is 0.166. The summed E-state index contributed by atoms with van der Waals surface area (Å²) in [6, 6.07) is 33.5. The molecule has 1 aliphatic rings. The molecular weight excluding hydrogens is 536 g/mol. The third-order valence-corrected chi connectivity index (χ3v) is 7.69. The Bertz CT molecular complexity index is 1960. The first-order valence-electron chi connectivity index (χ1n) is 13.9. The molecule has 7 heteroatoms. The minimum atomic E-state index is -0.578. The van der Waals surface area contributed by atoms with E-state index in [0.717, 1.165) is 33.3 Å². The van der Waals surface area contributed by atoms with Gasteiger partial charge in [-0.05, 0) is 71.7 Å². The Hall–Kier alpha value is -5.74. The highest BCUT2D eigenvalue weighted by Crippen LogP contribution is 2.32. The van der Waals surface area contributed by atoms with Crippen molar-refractivity contribution in [2.75, 3.05) is 13.7 Å². The molecule has 0 radical (unpaired) electrons. The van der Waals surface area contributed by atoms with Gasteiger partial charge in [0.2, 0.25) is 0 Å². The lowest BCUT2D eigenvalue weighted by Crippen LogP contribution is -2.43. The number of carbonyl (C=O) groups is 2. The van der Waals surface area contributed by atoms with E-state index in [-0.39, 0.29) is 12.1 Å². The van der Waals surface area contributed by atoms with E-state index in [1.807, 2.05) is 97.2 Å². The second-order valence-electron chi connectivity index (χ2n) is 10.3. The van der Waals surface area contributed by atoms with E-state index in [2.05, 4.69) is 12.1 Å². The maximum atomic E-state index is 13.9. The molecule has 0 unspecified atom stereocenters. The van der Waals surface area contributed by atoms with Crippen molar-refractivity contribution in [3.8, 4) is 28.8 Å². The van der Waals surface area contributed by atoms with Crippen molar-refractivity contribution < 1.29 is 14.3 Å². The fraction of sp³-hybridized carbons (Fsp3) is 0.111. The largest absolute Gasteiger partial charge is 0.497 e. The van der Waals surface area contributed by atoms with Crippen LogP contribution in [0.3, 0.4) is 0 Å². The third kappa shape index (κ3) is 5.34. The smallest absolute Gasteiger partial charge is 0.271 e. The molecule has 0 bridgehead atoms. The number of rotatable bonds is 7. The highest BCUT2D eigenvalue weighted by molar-refractivity contribution is 6.19. The van der Waals surface area contributed by atoms with Crippen LogP contribution in [-0.4, -0.2) is 40.1 Å². The summed E-state index contributed by atoms with van der Waals surface area (Å²) in [7, 11) is 1.60. The van der Waals surface area contributed by atoms with Gasteiger partial charge < -0.3 is 4.74 Å². The minimum Gasteiger partial charge on any atom is -0.497 e. The number of fused-ring (bicyclic) bond motifs is 1. The predicted molar refractivity (Wildman–Crippen MR) is 166 cm³/mol. The standard InChI is InChI=1S/C36H28N4O3/c1-24-32(35(41)39(36(42)33(24)22-37)19-18-25-12-16-31(43-2)17-13-25)21-29-23-40(30-10-4-3-5-11-30)38-34(29)28-15-14-26-8-6-7-9-27(26)20-28/h3-17,20-21,23H,18-19H2,1-2H3/b32-21+. The number of ether oxygens (including phenoxy) is 1. The van der Waals surface area contributed by atoms with Gasteiger partial charge in [-0.25, -0.2) is 4.68 Å². The van der Waals surface area contributed by atoms with Gasteiger partial charge in [0.05, 0.1) is 18.5 Å². The number of hydrogen-bond acceptors (Lipinski definition) is 5. The third-order valence-electron chi connectivity index (χ3n) is 7.69. The fourth-order valence-corrected chi connectivity index (χ4v) is 5.29. The van der Waals surface area contributed by atoms with Crippen molar-refractivity contribution >= 4 is 28.7 Å². The van der Waals surface area contributed by atoms with Crippen LogP contribution in [0.15, 0.2) is 120 Å². The zero-order valence-corrected chi connectivity index (χ0v) is 23.8. The van der Waals surface area contributed by atoms with Crippen LogP contribution in [0, 0.1) is 11.3 Å². The summed E-state index contributed by atoms with van der Waals surface area (Å²) in [6.07, 6.45) is 4.07. The maximum absolute atomic E-state index is 13.9. The van der Waals surface area contributed by atoms with Gasteiger partial charge in [0.15, 0.2) is 0 Å². The number of nitrogens with zero attached hydrogens (tertiary/aromatic N) is 4. The Morgan fingerprint density at radius 3 is 2.33 bits per heavy atom. The van der Waals surface area contributed by atoms with E-state index in [1.54, 1.807) is 24.8 Å². The second kappa shape index (κ2) is 11.6. The van der Waals surface area contributed by atoms with Crippen LogP contribution in [0.25, 0.3) is 33.8 Å². The summed E-state index contributed by atoms with van der Waals surface area (Å²) in [6.45, 7) is 1.79. The zero-order chi connectivity index (χ0) is 29.9. The summed E-state index contributed by atoms with van der Waals surface area (Å²) in [5.41, 5.74) is 4.69. The molecule has 2 amide bonds. The molecule has 2 heterocycles. The molecular formula is C36H28N4O3. The molecule has 0 aliphatic carbocycles. The van der Waals surface area contributed by atoms with Gasteiger partial charge in [-0.2, -0.15) is 10.4 Å². The zero-order valence-electron chi connectivity index (χ0n) is 23.8. The molecule has 0 saturated heterocycles. The maximum Gasteiger partial charge on any atom is 0.271 e. The number of nitriles is 1. The summed E-state index contributed by atoms with van der Waals surface area (Å²) < 4.78 is 7.01. The average Bonchev–Trinajstić information content (AvgIpc) is 3.47. The molecule has 0 fully saturated rings. The van der Waals surface area contributed by atoms with Gasteiger partial charge in [0, 0.05) is 29.4 Å². The topological polar surface area (TPSA) is 88.2 Å². The Morgan fingerprint density at radius 1 is 0.884 bits per heavy atom. The number of aromatic nitrogens is 2. The first-order valence-corrected chi connectivity index (χ1v) is 13.9. The van der Waals surface area contributed by atoms with Gasteiger partial charge in [0.25, 0.3) is 11.8 Å². The molecule has 0 N–H and O–H groups in total. The van der Waals surface area contributed by atoms with E-state index in [1.165, 1.54) is 4.90 Å². The lowest BCUT2D eigenvalue weighted by molar-refractivity contribution is -0.140. The molecule has 210 valence electrons. The molecule has 1 aliphatic heterocycles. The fourth-order valence-electron chi connectivity index (χ4n) is 5.29. The molecule has 5 aromatic rings. The molecule has 0 spiro atoms. The van der Waals surface area contributed by atoms with Crippen molar-refractivity contribution in [3.63, 3.8) is 0 Å². The molecule has 1 aromatic heterocycles. The number of amides is 2. The Kier molecular flexibility index (Phi) is 7.42. The van der Waals surface area contributed by atoms with Crippen molar-refractivity contribution in [1.29, 1.82) is 5.26 Å². The summed E-state index contributed by atoms with van der Waals surface area (Å²) in [5, 5.41) is 17.0. The van der Waals surface area contributed by atoms with Crippen LogP contribution >= 0.6 is 0 Å². The van der Waals surface area contributed by atoms with Gasteiger partial charge in [-0.3, -0.25) is 14.5 Å². The van der Waals surface area contributed by atoms with Crippen molar-refractivity contribution in [1.82, 2.24) is 14.7 Å². The highest BCUT2D eigenvalue weighted by Gasteiger charge is 2.35. The Labute approximate surface area is 249 Å². The Morgan fingerprint density at radius 2 is 1.60 bits per heavy atom. The lowest BCUT2D eigenvalue weighted by Gasteiger charge is -2.27. The summed E-state index contributed by atoms with van der Waals surface area (Å²) >= 11 is 0. The van der Waals surface area contributed by atoms with E-state index >= 15 is 0 Å². The first kappa shape index (κ1) is 27.4. The van der Waals surface area contributed by atoms with E-state index < -0.39 is 11.8 Å². The number of benzene rings is 4. The molecule has 43 heavy (non-hydrogen) atoms. The minimum absolute atomic E-state index is 0.0386. The summed E-state index contributed by atoms with van der Waals surface area (Å²) in [5.74, 6) is -0.292. The molecule has 0 atom stereocenters. The van der Waals surface area contributed by atoms with Crippen LogP contribution < -0.4 is 4.74 Å². The van der Waals surface area contributed by atoms with Gasteiger partial charge in [-0.15, -0.1) is 0 Å². The number of hydrogen-bond donors (Lipinski definition) is 0. The van der Waals surface area contributed by atoms with E-state index in [0.29, 0.717) is 28.8 Å². The predicted octanol–water partition coefficient (Wildman–Crippen LogP) is 6.54. The van der Waals surface area contributed by atoms with Crippen LogP contribution in [0.2, 0.25) is 0 Å². The monoisotopic (exact) mass is 564 g/mol. The number of imide groups is 1. The van der Waals surface area contributed by atoms with Crippen LogP contribution in [0.4, 0.5) is 0 Å². The van der Waals surface area contributed by atoms with Crippen LogP contribution in [-0.2, 0) is 16.0 Å². The van der Waals surface area contributed by atoms with Crippen LogP contribution in [0.1, 0.15) is 18.1 Å². The lowest BCUT2D eigenvalue weighted by atomic mass is 9.92. The Balaban J connectivity index is 1.43. The highest BCUT2D eigenvalue weighted by atomic mass is 16.5. The summed E-state index contributed by atoms with van der Waals surface area (Å²) in [4.78, 5) is 28.3. The first-order chi connectivity index (χ1) is 21.0. The normalized spacial score (nSPS) is 14.4.